The maximum Gasteiger partial charge on any atom is 0.239 e. The Morgan fingerprint density at radius 1 is 1.03 bits per heavy atom. The fourth-order valence-corrected chi connectivity index (χ4v) is 3.37. The fourth-order valence-electron chi connectivity index (χ4n) is 3.37. The van der Waals surface area contributed by atoms with Crippen LogP contribution in [0.4, 0.5) is 0 Å². The molecule has 2 rings (SSSR count). The first-order valence-electron chi connectivity index (χ1n) is 10.6. The molecule has 0 aromatic heterocycles. The van der Waals surface area contributed by atoms with Crippen molar-refractivity contribution in [1.29, 1.82) is 0 Å². The molecule has 0 atom stereocenters. The number of hydrogen-bond donors (Lipinski definition) is 3. The second kappa shape index (κ2) is 13.8. The van der Waals surface area contributed by atoms with Gasteiger partial charge in [0.15, 0.2) is 5.96 Å². The van der Waals surface area contributed by atoms with Gasteiger partial charge in [-0.05, 0) is 39.3 Å². The van der Waals surface area contributed by atoms with Gasteiger partial charge in [0.05, 0.1) is 6.54 Å². The van der Waals surface area contributed by atoms with Crippen LogP contribution in [0.25, 0.3) is 0 Å². The largest absolute Gasteiger partial charge is 0.356 e. The Bertz CT molecular complexity index is 639. The Hall–Kier alpha value is -1.39. The Morgan fingerprint density at radius 2 is 1.67 bits per heavy atom. The first-order valence-corrected chi connectivity index (χ1v) is 10.6. The molecule has 1 aromatic carbocycles. The van der Waals surface area contributed by atoms with Gasteiger partial charge in [-0.25, -0.2) is 0 Å². The fraction of sp³-hybridized carbons (Fsp3) is 0.636. The normalized spacial score (nSPS) is 15.9. The Labute approximate surface area is 199 Å². The van der Waals surface area contributed by atoms with Gasteiger partial charge in [-0.1, -0.05) is 30.3 Å². The molecule has 1 aliphatic heterocycles. The van der Waals surface area contributed by atoms with Gasteiger partial charge in [-0.15, -0.1) is 24.0 Å². The summed E-state index contributed by atoms with van der Waals surface area (Å²) in [6.45, 7) is 13.6. The van der Waals surface area contributed by atoms with Gasteiger partial charge in [0, 0.05) is 51.9 Å². The van der Waals surface area contributed by atoms with Crippen LogP contribution in [-0.2, 0) is 11.3 Å². The molecule has 1 fully saturated rings. The van der Waals surface area contributed by atoms with Crippen LogP contribution in [0, 0.1) is 0 Å². The number of piperazine rings is 1. The first kappa shape index (κ1) is 26.6. The lowest BCUT2D eigenvalue weighted by molar-refractivity contribution is -0.121. The number of benzene rings is 1. The maximum absolute atomic E-state index is 11.9. The summed E-state index contributed by atoms with van der Waals surface area (Å²) in [5, 5.41) is 9.29. The zero-order valence-electron chi connectivity index (χ0n) is 18.9. The highest BCUT2D eigenvalue weighted by molar-refractivity contribution is 14.0. The number of rotatable bonds is 8. The van der Waals surface area contributed by atoms with E-state index in [2.05, 4.69) is 61.1 Å². The zero-order chi connectivity index (χ0) is 21.1. The van der Waals surface area contributed by atoms with Gasteiger partial charge in [-0.3, -0.25) is 14.7 Å². The van der Waals surface area contributed by atoms with Crippen molar-refractivity contribution in [2.75, 3.05) is 52.9 Å². The Kier molecular flexibility index (Phi) is 12.3. The van der Waals surface area contributed by atoms with Crippen molar-refractivity contribution in [2.24, 2.45) is 4.99 Å². The topological polar surface area (TPSA) is 72.0 Å². The van der Waals surface area contributed by atoms with E-state index in [4.69, 9.17) is 0 Å². The lowest BCUT2D eigenvalue weighted by Crippen LogP contribution is -2.48. The van der Waals surface area contributed by atoms with Crippen molar-refractivity contribution in [3.05, 3.63) is 35.9 Å². The number of nitrogens with one attached hydrogen (secondary N) is 3. The minimum atomic E-state index is -0.221. The predicted octanol–water partition coefficient (Wildman–Crippen LogP) is 1.89. The predicted molar refractivity (Wildman–Crippen MR) is 135 cm³/mol. The monoisotopic (exact) mass is 530 g/mol. The van der Waals surface area contributed by atoms with Crippen LogP contribution in [0.2, 0.25) is 0 Å². The summed E-state index contributed by atoms with van der Waals surface area (Å²) in [6, 6.07) is 10.7. The molecule has 0 aliphatic carbocycles. The molecular formula is C22H39IN6O. The Morgan fingerprint density at radius 3 is 2.27 bits per heavy atom. The summed E-state index contributed by atoms with van der Waals surface area (Å²) >= 11 is 0. The van der Waals surface area contributed by atoms with Crippen LogP contribution in [0.5, 0.6) is 0 Å². The van der Waals surface area contributed by atoms with Crippen LogP contribution in [0.1, 0.15) is 32.8 Å². The van der Waals surface area contributed by atoms with E-state index in [0.717, 1.165) is 52.2 Å². The molecule has 170 valence electrons. The second-order valence-corrected chi connectivity index (χ2v) is 8.61. The summed E-state index contributed by atoms with van der Waals surface area (Å²) in [7, 11) is 1.73. The standard InChI is InChI=1S/C22H38N6O.HI/c1-22(2,3)26-20(29)17-25-21(23-4)24-11-8-12-27-13-15-28(16-14-27)18-19-9-6-5-7-10-19;/h5-7,9-10H,8,11-18H2,1-4H3,(H,26,29)(H2,23,24,25);1H. The molecule has 0 spiro atoms. The van der Waals surface area contributed by atoms with E-state index in [1.807, 2.05) is 20.8 Å². The molecule has 1 aromatic rings. The van der Waals surface area contributed by atoms with E-state index in [0.29, 0.717) is 5.96 Å². The van der Waals surface area contributed by atoms with E-state index in [1.165, 1.54) is 5.56 Å². The molecule has 3 N–H and O–H groups in total. The summed E-state index contributed by atoms with van der Waals surface area (Å²) in [6.07, 6.45) is 1.05. The smallest absolute Gasteiger partial charge is 0.239 e. The van der Waals surface area contributed by atoms with Crippen molar-refractivity contribution in [3.8, 4) is 0 Å². The molecule has 1 amide bonds. The minimum Gasteiger partial charge on any atom is -0.356 e. The molecule has 7 nitrogen and oxygen atoms in total. The third-order valence-electron chi connectivity index (χ3n) is 4.81. The number of nitrogens with zero attached hydrogens (tertiary/aromatic N) is 3. The van der Waals surface area contributed by atoms with Crippen LogP contribution < -0.4 is 16.0 Å². The number of amides is 1. The molecule has 1 heterocycles. The number of halogens is 1. The third kappa shape index (κ3) is 11.1. The van der Waals surface area contributed by atoms with Crippen molar-refractivity contribution in [2.45, 2.75) is 39.3 Å². The van der Waals surface area contributed by atoms with Crippen LogP contribution >= 0.6 is 24.0 Å². The van der Waals surface area contributed by atoms with Crippen LogP contribution in [0.15, 0.2) is 35.3 Å². The highest BCUT2D eigenvalue weighted by atomic mass is 127. The molecule has 30 heavy (non-hydrogen) atoms. The molecule has 1 aliphatic rings. The van der Waals surface area contributed by atoms with Gasteiger partial charge >= 0.3 is 0 Å². The van der Waals surface area contributed by atoms with E-state index >= 15 is 0 Å². The average Bonchev–Trinajstić information content (AvgIpc) is 2.68. The summed E-state index contributed by atoms with van der Waals surface area (Å²) < 4.78 is 0. The van der Waals surface area contributed by atoms with Gasteiger partial charge < -0.3 is 20.9 Å². The van der Waals surface area contributed by atoms with Crippen molar-refractivity contribution < 1.29 is 4.79 Å². The molecule has 0 saturated carbocycles. The molecule has 1 saturated heterocycles. The average molecular weight is 530 g/mol. The van der Waals surface area contributed by atoms with E-state index < -0.39 is 0 Å². The number of guanidine groups is 1. The summed E-state index contributed by atoms with van der Waals surface area (Å²) in [5.41, 5.74) is 1.17. The first-order chi connectivity index (χ1) is 13.9. The molecule has 8 heteroatoms. The van der Waals surface area contributed by atoms with E-state index in [1.54, 1.807) is 7.05 Å². The van der Waals surface area contributed by atoms with Crippen LogP contribution in [-0.4, -0.2) is 80.1 Å². The molecule has 0 unspecified atom stereocenters. The van der Waals surface area contributed by atoms with Gasteiger partial charge in [0.1, 0.15) is 0 Å². The number of aliphatic imine (C=N–C) groups is 1. The summed E-state index contributed by atoms with van der Waals surface area (Å²) in [5.74, 6) is 0.635. The zero-order valence-corrected chi connectivity index (χ0v) is 21.2. The van der Waals surface area contributed by atoms with E-state index in [9.17, 15) is 4.79 Å². The lowest BCUT2D eigenvalue weighted by atomic mass is 10.1. The van der Waals surface area contributed by atoms with Crippen molar-refractivity contribution >= 4 is 35.8 Å². The summed E-state index contributed by atoms with van der Waals surface area (Å²) in [4.78, 5) is 21.1. The molecule has 0 bridgehead atoms. The molecule has 0 radical (unpaired) electrons. The number of carbonyl (C=O) groups is 1. The Balaban J connectivity index is 0.00000450. The van der Waals surface area contributed by atoms with Crippen molar-refractivity contribution in [3.63, 3.8) is 0 Å². The van der Waals surface area contributed by atoms with Crippen molar-refractivity contribution in [1.82, 2.24) is 25.8 Å². The molecular weight excluding hydrogens is 491 g/mol. The van der Waals surface area contributed by atoms with Crippen LogP contribution in [0.3, 0.4) is 0 Å². The van der Waals surface area contributed by atoms with Gasteiger partial charge in [0.25, 0.3) is 0 Å². The third-order valence-corrected chi connectivity index (χ3v) is 4.81. The highest BCUT2D eigenvalue weighted by Gasteiger charge is 2.16. The minimum absolute atomic E-state index is 0. The quantitative estimate of drug-likeness (QED) is 0.207. The second-order valence-electron chi connectivity index (χ2n) is 8.61. The number of hydrogen-bond acceptors (Lipinski definition) is 4. The van der Waals surface area contributed by atoms with E-state index in [-0.39, 0.29) is 42.0 Å². The maximum atomic E-state index is 11.9. The van der Waals surface area contributed by atoms with Gasteiger partial charge in [-0.2, -0.15) is 0 Å². The van der Waals surface area contributed by atoms with Gasteiger partial charge in [0.2, 0.25) is 5.91 Å². The number of carbonyl (C=O) groups excluding carboxylic acids is 1. The lowest BCUT2D eigenvalue weighted by Gasteiger charge is -2.34. The SMILES string of the molecule is CN=C(NCCCN1CCN(Cc2ccccc2)CC1)NCC(=O)NC(C)(C)C.I. The highest BCUT2D eigenvalue weighted by Crippen LogP contribution is 2.08.